The number of aliphatic hydroxyl groups is 1. The summed E-state index contributed by atoms with van der Waals surface area (Å²) < 4.78 is 72.8. The Labute approximate surface area is 607 Å². The van der Waals surface area contributed by atoms with E-state index >= 15 is 0 Å². The molecule has 0 spiro atoms. The Morgan fingerprint density at radius 1 is 0.480 bits per heavy atom. The third-order valence-corrected chi connectivity index (χ3v) is 32.9. The summed E-state index contributed by atoms with van der Waals surface area (Å²) in [5.74, 6) is 1.75. The van der Waals surface area contributed by atoms with Crippen molar-refractivity contribution in [3.05, 3.63) is 200 Å². The number of halogens is 7. The Bertz CT molecular complexity index is 3310. The van der Waals surface area contributed by atoms with Gasteiger partial charge in [0.1, 0.15) is 52.6 Å². The molecular formula is C71H102Cl5F2N3O14Si3. The number of aliphatic hydroxyl groups excluding tert-OH is 1. The Hall–Kier alpha value is -5.45. The van der Waals surface area contributed by atoms with Gasteiger partial charge in [0.25, 0.3) is 0 Å². The van der Waals surface area contributed by atoms with Crippen molar-refractivity contribution in [1.82, 2.24) is 0 Å². The molecule has 0 radical (unpaired) electrons. The van der Waals surface area contributed by atoms with Gasteiger partial charge in [0.2, 0.25) is 13.1 Å². The van der Waals surface area contributed by atoms with Gasteiger partial charge in [0.15, 0.2) is 31.2 Å². The maximum absolute atomic E-state index is 13.5. The second-order valence-electron chi connectivity index (χ2n) is 22.4. The van der Waals surface area contributed by atoms with Gasteiger partial charge in [-0.15, -0.1) is 0 Å². The fourth-order valence-electron chi connectivity index (χ4n) is 11.0. The first-order valence-corrected chi connectivity index (χ1v) is 41.9. The average Bonchev–Trinajstić information content (AvgIpc) is 0.831. The lowest BCUT2D eigenvalue weighted by Crippen LogP contribution is -2.39. The quantitative estimate of drug-likeness (QED) is 0.0166. The molecule has 0 aliphatic heterocycles. The van der Waals surface area contributed by atoms with Crippen LogP contribution in [0.1, 0.15) is 145 Å². The number of aryl methyl sites for hydroxylation is 1. The van der Waals surface area contributed by atoms with Gasteiger partial charge in [-0.3, -0.25) is 25.0 Å². The number of nitrogens with two attached hydrogens (primary N) is 1. The minimum atomic E-state index is -2.01. The molecule has 0 fully saturated rings. The van der Waals surface area contributed by atoms with Crippen molar-refractivity contribution in [1.29, 1.82) is 0 Å². The standard InChI is InChI=1S/C23H31ClF2O2Si.C15H24ClNO4Si.C15H26ClNO2Si.C9H10ClNO4.C8H7ClO2.CH4/c1-5-29(6-2,7-3)28-22(23-20(24)11-9-12-21(23)27-4)13-8-10-17-14-18(25)16-19(26)15-17;1-5-22(6-2,7-3)21-14(11-17(18)19)15-12(16)9-8-10-13(15)20-4;1-5-20(6-2,7-3)19-14(11-17)15-12(16)9-8-10-13(15)18-4;1-15-8-4-2-3-6(10)9(8)7(12)5-11(13)14;1-11-8-4-2-3-7(9)6(8)5-10;/h9,11-12,14-16,22H,5-8,10,13H2,1-4H3;8-10,14H,5-7,11H2,1-4H3;8-10,14H,5-7,11,17H2,1-4H3;2-4,7,12H,5H2,1H3;2-5H,1H3;1H4. The van der Waals surface area contributed by atoms with Gasteiger partial charge in [-0.25, -0.2) is 8.78 Å². The van der Waals surface area contributed by atoms with Crippen LogP contribution in [0.2, 0.25) is 79.5 Å². The molecular weight excluding hydrogens is 1420 g/mol. The van der Waals surface area contributed by atoms with Crippen molar-refractivity contribution in [2.75, 3.05) is 55.2 Å². The van der Waals surface area contributed by atoms with Crippen LogP contribution in [0.3, 0.4) is 0 Å². The lowest BCUT2D eigenvalue weighted by Gasteiger charge is -2.34. The Balaban J connectivity index is 0.000000631. The molecule has 6 aromatic carbocycles. The molecule has 98 heavy (non-hydrogen) atoms. The fourth-order valence-corrected chi connectivity index (χ4v) is 20.9. The number of hydrogen-bond acceptors (Lipinski definition) is 15. The number of benzene rings is 6. The summed E-state index contributed by atoms with van der Waals surface area (Å²) in [6, 6.07) is 39.1. The monoisotopic (exact) mass is 1520 g/mol. The largest absolute Gasteiger partial charge is 0.496 e. The molecule has 546 valence electrons. The summed E-state index contributed by atoms with van der Waals surface area (Å²) >= 11 is 30.7. The van der Waals surface area contributed by atoms with Crippen molar-refractivity contribution in [2.45, 2.75) is 168 Å². The second-order valence-corrected chi connectivity index (χ2v) is 38.6. The minimum absolute atomic E-state index is 0. The molecule has 0 aliphatic rings. The number of aldehydes is 1. The van der Waals surface area contributed by atoms with E-state index in [1.165, 1.54) is 33.5 Å². The smallest absolute Gasteiger partial charge is 0.233 e. The molecule has 6 aromatic rings. The molecule has 0 bridgehead atoms. The van der Waals surface area contributed by atoms with Gasteiger partial charge in [0.05, 0.1) is 78.4 Å². The molecule has 0 aromatic heterocycles. The minimum Gasteiger partial charge on any atom is -0.496 e. The van der Waals surface area contributed by atoms with Crippen molar-refractivity contribution in [3.8, 4) is 28.7 Å². The van der Waals surface area contributed by atoms with E-state index in [9.17, 15) is 38.9 Å². The van der Waals surface area contributed by atoms with Crippen LogP contribution in [0, 0.1) is 31.9 Å². The third-order valence-electron chi connectivity index (χ3n) is 17.3. The SMILES string of the molecule is C.CC[Si](CC)(CC)OC(CCCc1cc(F)cc(F)c1)c1c(Cl)cccc1OC.CC[Si](CC)(CC)OC(CN)c1c(Cl)cccc1OC.CC[Si](CC)(CC)OC(C[N+](=O)[O-])c1c(Cl)cccc1OC.COc1cccc(Cl)c1C(O)C[N+](=O)[O-].COc1cccc(Cl)c1C=O. The van der Waals surface area contributed by atoms with Crippen LogP contribution >= 0.6 is 58.0 Å². The van der Waals surface area contributed by atoms with Crippen LogP contribution in [0.25, 0.3) is 0 Å². The zero-order valence-electron chi connectivity index (χ0n) is 58.3. The second kappa shape index (κ2) is 46.9. The molecule has 0 amide bonds. The van der Waals surface area contributed by atoms with Crippen molar-refractivity contribution in [3.63, 3.8) is 0 Å². The van der Waals surface area contributed by atoms with Gasteiger partial charge >= 0.3 is 0 Å². The van der Waals surface area contributed by atoms with Gasteiger partial charge in [-0.2, -0.15) is 0 Å². The molecule has 4 unspecified atom stereocenters. The van der Waals surface area contributed by atoms with Crippen molar-refractivity contribution < 1.29 is 65.5 Å². The highest BCUT2D eigenvalue weighted by Crippen LogP contribution is 2.43. The molecule has 0 saturated heterocycles. The van der Waals surface area contributed by atoms with E-state index in [0.717, 1.165) is 83.8 Å². The van der Waals surface area contributed by atoms with E-state index in [0.29, 0.717) is 85.5 Å². The number of nitrogens with zero attached hydrogens (tertiary/aromatic N) is 2. The molecule has 17 nitrogen and oxygen atoms in total. The molecule has 6 rings (SSSR count). The molecule has 0 aliphatic carbocycles. The fraction of sp³-hybridized carbons (Fsp3) is 0.479. The predicted octanol–water partition coefficient (Wildman–Crippen LogP) is 21.2. The summed E-state index contributed by atoms with van der Waals surface area (Å²) in [5, 5.41) is 33.3. The molecule has 3 N–H and O–H groups in total. The zero-order valence-corrected chi connectivity index (χ0v) is 65.0. The number of nitro groups is 2. The highest BCUT2D eigenvalue weighted by atomic mass is 35.5. The van der Waals surface area contributed by atoms with E-state index < -0.39 is 60.3 Å². The molecule has 4 atom stereocenters. The summed E-state index contributed by atoms with van der Waals surface area (Å²) in [6.45, 7) is 19.0. The first-order valence-electron chi connectivity index (χ1n) is 32.4. The number of methoxy groups -OCH3 is 5. The average molecular weight is 1520 g/mol. The van der Waals surface area contributed by atoms with E-state index in [2.05, 4.69) is 62.3 Å². The third kappa shape index (κ3) is 27.5. The number of carbonyl (C=O) groups excluding carboxylic acids is 1. The molecule has 27 heteroatoms. The lowest BCUT2D eigenvalue weighted by atomic mass is 10.0. The van der Waals surface area contributed by atoms with E-state index in [1.807, 2.05) is 36.4 Å². The lowest BCUT2D eigenvalue weighted by molar-refractivity contribution is -0.491. The van der Waals surface area contributed by atoms with Crippen LogP contribution < -0.4 is 29.4 Å². The Morgan fingerprint density at radius 3 is 1.11 bits per heavy atom. The van der Waals surface area contributed by atoms with E-state index in [1.54, 1.807) is 68.8 Å². The normalized spacial score (nSPS) is 12.3. The highest BCUT2D eigenvalue weighted by Gasteiger charge is 2.38. The zero-order chi connectivity index (χ0) is 73.1. The van der Waals surface area contributed by atoms with E-state index in [4.69, 9.17) is 101 Å². The predicted molar refractivity (Wildman–Crippen MR) is 402 cm³/mol. The summed E-state index contributed by atoms with van der Waals surface area (Å²) in [5.41, 5.74) is 9.58. The topological polar surface area (TPSA) is 223 Å². The number of hydrogen-bond donors (Lipinski definition) is 2. The Morgan fingerprint density at radius 2 is 0.786 bits per heavy atom. The number of carbonyl (C=O) groups is 1. The van der Waals surface area contributed by atoms with Crippen molar-refractivity contribution >= 4 is 89.2 Å². The Kier molecular flexibility index (Phi) is 43.3. The summed E-state index contributed by atoms with van der Waals surface area (Å²) in [6.07, 6.45) is 0.348. The molecule has 0 heterocycles. The first kappa shape index (κ1) is 90.6. The van der Waals surface area contributed by atoms with Crippen LogP contribution in [-0.4, -0.2) is 101 Å². The van der Waals surface area contributed by atoms with Gasteiger partial charge in [0, 0.05) is 44.7 Å². The van der Waals surface area contributed by atoms with Gasteiger partial charge < -0.3 is 47.8 Å². The van der Waals surface area contributed by atoms with E-state index in [-0.39, 0.29) is 41.7 Å². The van der Waals surface area contributed by atoms with Crippen LogP contribution in [0.4, 0.5) is 8.78 Å². The number of rotatable bonds is 34. The van der Waals surface area contributed by atoms with Gasteiger partial charge in [-0.05, 0) is 152 Å². The summed E-state index contributed by atoms with van der Waals surface area (Å²) in [7, 11) is 2.07. The molecule has 0 saturated carbocycles. The van der Waals surface area contributed by atoms with Crippen LogP contribution in [0.5, 0.6) is 28.7 Å². The maximum atomic E-state index is 13.5. The van der Waals surface area contributed by atoms with Crippen LogP contribution in [0.15, 0.2) is 109 Å². The van der Waals surface area contributed by atoms with Crippen molar-refractivity contribution in [2.24, 2.45) is 5.73 Å². The van der Waals surface area contributed by atoms with Crippen LogP contribution in [-0.2, 0) is 19.7 Å². The maximum Gasteiger partial charge on any atom is 0.233 e. The number of ether oxygens (including phenoxy) is 5. The van der Waals surface area contributed by atoms with Gasteiger partial charge in [-0.1, -0.05) is 158 Å². The summed E-state index contributed by atoms with van der Waals surface area (Å²) in [4.78, 5) is 30.8. The highest BCUT2D eigenvalue weighted by molar-refractivity contribution is 6.74. The first-order chi connectivity index (χ1) is 46.2.